The van der Waals surface area contributed by atoms with Crippen LogP contribution in [0.25, 0.3) is 0 Å². The first-order valence-electron chi connectivity index (χ1n) is 8.41. The summed E-state index contributed by atoms with van der Waals surface area (Å²) >= 11 is 1.45. The molecule has 2 aromatic heterocycles. The van der Waals surface area contributed by atoms with Crippen LogP contribution in [0.15, 0.2) is 36.7 Å². The Labute approximate surface area is 156 Å². The monoisotopic (exact) mass is 370 g/mol. The molecule has 0 fully saturated rings. The standard InChI is InChI=1S/C19H22N4O2S/c1-12(2)19-21-13(3)17(26-19)18(24)22-14-5-7-15(8-6-14)25-11-16-20-9-10-23(16)4/h5-10,12H,11H2,1-4H3,(H,22,24). The lowest BCUT2D eigenvalue weighted by Crippen LogP contribution is -2.11. The highest BCUT2D eigenvalue weighted by molar-refractivity contribution is 7.14. The summed E-state index contributed by atoms with van der Waals surface area (Å²) in [5.41, 5.74) is 1.49. The smallest absolute Gasteiger partial charge is 0.267 e. The number of anilines is 1. The molecule has 1 N–H and O–H groups in total. The summed E-state index contributed by atoms with van der Waals surface area (Å²) in [5.74, 6) is 1.76. The molecule has 0 aliphatic rings. The van der Waals surface area contributed by atoms with Crippen molar-refractivity contribution in [3.63, 3.8) is 0 Å². The Balaban J connectivity index is 1.62. The summed E-state index contributed by atoms with van der Waals surface area (Å²) in [5, 5.41) is 3.89. The van der Waals surface area contributed by atoms with Crippen LogP contribution < -0.4 is 10.1 Å². The predicted octanol–water partition coefficient (Wildman–Crippen LogP) is 4.14. The molecule has 3 aromatic rings. The zero-order valence-corrected chi connectivity index (χ0v) is 16.1. The van der Waals surface area contributed by atoms with Crippen molar-refractivity contribution in [3.8, 4) is 5.75 Å². The first kappa shape index (κ1) is 18.1. The Morgan fingerprint density at radius 2 is 2.04 bits per heavy atom. The molecular weight excluding hydrogens is 348 g/mol. The molecule has 0 bridgehead atoms. The third-order valence-electron chi connectivity index (χ3n) is 3.91. The highest BCUT2D eigenvalue weighted by atomic mass is 32.1. The van der Waals surface area contributed by atoms with Gasteiger partial charge in [0, 0.05) is 31.0 Å². The molecule has 0 aliphatic carbocycles. The van der Waals surface area contributed by atoms with Gasteiger partial charge in [-0.3, -0.25) is 4.79 Å². The molecule has 0 saturated carbocycles. The number of hydrogen-bond acceptors (Lipinski definition) is 5. The Hall–Kier alpha value is -2.67. The van der Waals surface area contributed by atoms with E-state index < -0.39 is 0 Å². The number of carbonyl (C=O) groups excluding carboxylic acids is 1. The van der Waals surface area contributed by atoms with Gasteiger partial charge in [-0.25, -0.2) is 9.97 Å². The second-order valence-corrected chi connectivity index (χ2v) is 7.37. The van der Waals surface area contributed by atoms with Crippen LogP contribution in [0.1, 0.15) is 46.0 Å². The Morgan fingerprint density at radius 3 is 2.62 bits per heavy atom. The highest BCUT2D eigenvalue weighted by Crippen LogP contribution is 2.25. The van der Waals surface area contributed by atoms with Crippen molar-refractivity contribution in [3.05, 3.63) is 58.1 Å². The molecule has 0 atom stereocenters. The van der Waals surface area contributed by atoms with E-state index in [0.29, 0.717) is 17.4 Å². The molecule has 0 spiro atoms. The van der Waals surface area contributed by atoms with Crippen LogP contribution >= 0.6 is 11.3 Å². The predicted molar refractivity (Wildman–Crippen MR) is 103 cm³/mol. The van der Waals surface area contributed by atoms with Crippen LogP contribution in [0, 0.1) is 6.92 Å². The third-order valence-corrected chi connectivity index (χ3v) is 5.37. The van der Waals surface area contributed by atoms with Gasteiger partial charge in [0.15, 0.2) is 0 Å². The van der Waals surface area contributed by atoms with Crippen molar-refractivity contribution in [1.82, 2.24) is 14.5 Å². The third kappa shape index (κ3) is 4.11. The van der Waals surface area contributed by atoms with E-state index in [0.717, 1.165) is 28.0 Å². The second kappa shape index (κ2) is 7.70. The number of rotatable bonds is 6. The van der Waals surface area contributed by atoms with Gasteiger partial charge in [-0.15, -0.1) is 11.3 Å². The lowest BCUT2D eigenvalue weighted by atomic mass is 10.2. The molecule has 1 aromatic carbocycles. The molecule has 0 radical (unpaired) electrons. The number of carbonyl (C=O) groups is 1. The SMILES string of the molecule is Cc1nc(C(C)C)sc1C(=O)Nc1ccc(OCc2nccn2C)cc1. The van der Waals surface area contributed by atoms with Gasteiger partial charge in [-0.2, -0.15) is 0 Å². The number of amides is 1. The quantitative estimate of drug-likeness (QED) is 0.708. The van der Waals surface area contributed by atoms with Gasteiger partial charge in [0.05, 0.1) is 10.7 Å². The lowest BCUT2D eigenvalue weighted by Gasteiger charge is -2.08. The maximum absolute atomic E-state index is 12.5. The zero-order chi connectivity index (χ0) is 18.7. The van der Waals surface area contributed by atoms with Gasteiger partial charge in [0.2, 0.25) is 0 Å². The van der Waals surface area contributed by atoms with Crippen molar-refractivity contribution in [2.45, 2.75) is 33.3 Å². The maximum atomic E-state index is 12.5. The minimum absolute atomic E-state index is 0.131. The number of ether oxygens (including phenoxy) is 1. The Kier molecular flexibility index (Phi) is 5.37. The first-order valence-corrected chi connectivity index (χ1v) is 9.23. The van der Waals surface area contributed by atoms with E-state index in [1.807, 2.05) is 49.0 Å². The van der Waals surface area contributed by atoms with Crippen molar-refractivity contribution in [2.24, 2.45) is 7.05 Å². The van der Waals surface area contributed by atoms with Crippen LogP contribution in [0.3, 0.4) is 0 Å². The van der Waals surface area contributed by atoms with Crippen molar-refractivity contribution in [2.75, 3.05) is 5.32 Å². The molecule has 0 aliphatic heterocycles. The van der Waals surface area contributed by atoms with E-state index in [4.69, 9.17) is 4.74 Å². The largest absolute Gasteiger partial charge is 0.486 e. The number of hydrogen-bond donors (Lipinski definition) is 1. The average Bonchev–Trinajstić information content (AvgIpc) is 3.20. The molecular formula is C19H22N4O2S. The van der Waals surface area contributed by atoms with E-state index in [1.165, 1.54) is 11.3 Å². The van der Waals surface area contributed by atoms with Crippen LogP contribution in [0.4, 0.5) is 5.69 Å². The van der Waals surface area contributed by atoms with Gasteiger partial charge >= 0.3 is 0 Å². The van der Waals surface area contributed by atoms with Crippen LogP contribution in [-0.2, 0) is 13.7 Å². The number of thiazole rings is 1. The fraction of sp³-hybridized carbons (Fsp3) is 0.316. The van der Waals surface area contributed by atoms with E-state index >= 15 is 0 Å². The van der Waals surface area contributed by atoms with Gasteiger partial charge in [-0.1, -0.05) is 13.8 Å². The van der Waals surface area contributed by atoms with Crippen LogP contribution in [0.2, 0.25) is 0 Å². The van der Waals surface area contributed by atoms with E-state index in [1.54, 1.807) is 6.20 Å². The Morgan fingerprint density at radius 1 is 1.31 bits per heavy atom. The molecule has 3 rings (SSSR count). The van der Waals surface area contributed by atoms with E-state index in [9.17, 15) is 4.79 Å². The number of aromatic nitrogens is 3. The summed E-state index contributed by atoms with van der Waals surface area (Å²) in [4.78, 5) is 21.8. The van der Waals surface area contributed by atoms with Gasteiger partial charge in [-0.05, 0) is 31.2 Å². The lowest BCUT2D eigenvalue weighted by molar-refractivity contribution is 0.103. The van der Waals surface area contributed by atoms with Crippen molar-refractivity contribution >= 4 is 22.9 Å². The summed E-state index contributed by atoms with van der Waals surface area (Å²) < 4.78 is 7.63. The molecule has 7 heteroatoms. The fourth-order valence-corrected chi connectivity index (χ4v) is 3.35. The zero-order valence-electron chi connectivity index (χ0n) is 15.3. The fourth-order valence-electron chi connectivity index (χ4n) is 2.38. The second-order valence-electron chi connectivity index (χ2n) is 6.34. The van der Waals surface area contributed by atoms with E-state index in [-0.39, 0.29) is 5.91 Å². The molecule has 6 nitrogen and oxygen atoms in total. The average molecular weight is 370 g/mol. The molecule has 136 valence electrons. The highest BCUT2D eigenvalue weighted by Gasteiger charge is 2.17. The normalized spacial score (nSPS) is 11.0. The molecule has 1 amide bonds. The van der Waals surface area contributed by atoms with Crippen LogP contribution in [-0.4, -0.2) is 20.4 Å². The molecule has 2 heterocycles. The van der Waals surface area contributed by atoms with Gasteiger partial charge < -0.3 is 14.6 Å². The molecule has 0 unspecified atom stereocenters. The number of nitrogens with zero attached hydrogens (tertiary/aromatic N) is 3. The van der Waals surface area contributed by atoms with Gasteiger partial charge in [0.25, 0.3) is 5.91 Å². The Bertz CT molecular complexity index is 897. The minimum atomic E-state index is -0.131. The number of nitrogens with one attached hydrogen (secondary N) is 1. The van der Waals surface area contributed by atoms with Crippen molar-refractivity contribution < 1.29 is 9.53 Å². The first-order chi connectivity index (χ1) is 12.4. The molecule has 26 heavy (non-hydrogen) atoms. The number of imidazole rings is 1. The topological polar surface area (TPSA) is 69.0 Å². The molecule has 0 saturated heterocycles. The van der Waals surface area contributed by atoms with Crippen LogP contribution in [0.5, 0.6) is 5.75 Å². The van der Waals surface area contributed by atoms with Gasteiger partial charge in [0.1, 0.15) is 23.1 Å². The summed E-state index contributed by atoms with van der Waals surface area (Å²) in [6.07, 6.45) is 3.62. The minimum Gasteiger partial charge on any atom is -0.486 e. The summed E-state index contributed by atoms with van der Waals surface area (Å²) in [6, 6.07) is 7.31. The van der Waals surface area contributed by atoms with Crippen molar-refractivity contribution in [1.29, 1.82) is 0 Å². The maximum Gasteiger partial charge on any atom is 0.267 e. The summed E-state index contributed by atoms with van der Waals surface area (Å²) in [7, 11) is 1.93. The summed E-state index contributed by atoms with van der Waals surface area (Å²) in [6.45, 7) is 6.41. The van der Waals surface area contributed by atoms with E-state index in [2.05, 4.69) is 29.1 Å². The number of aryl methyl sites for hydroxylation is 2. The number of benzene rings is 1.